The van der Waals surface area contributed by atoms with Crippen LogP contribution in [0.4, 0.5) is 18.0 Å². The molecule has 0 aliphatic carbocycles. The number of nitrogens with zero attached hydrogens (tertiary/aromatic N) is 1. The van der Waals surface area contributed by atoms with Crippen molar-refractivity contribution in [1.29, 1.82) is 0 Å². The number of hydrogen-bond donors (Lipinski definition) is 0. The predicted octanol–water partition coefficient (Wildman–Crippen LogP) is 7.20. The minimum absolute atomic E-state index is 0.0174. The number of amides is 1. The van der Waals surface area contributed by atoms with Crippen LogP contribution in [0.2, 0.25) is 0 Å². The van der Waals surface area contributed by atoms with Gasteiger partial charge in [0, 0.05) is 12.1 Å². The quantitative estimate of drug-likeness (QED) is 0.383. The first-order valence-corrected chi connectivity index (χ1v) is 11.1. The Morgan fingerprint density at radius 2 is 1.76 bits per heavy atom. The Balaban J connectivity index is 1.75. The topological polar surface area (TPSA) is 38.8 Å². The summed E-state index contributed by atoms with van der Waals surface area (Å²) in [5.74, 6) is 0.777. The van der Waals surface area contributed by atoms with Gasteiger partial charge in [0.2, 0.25) is 0 Å². The Labute approximate surface area is 196 Å². The van der Waals surface area contributed by atoms with Crippen LogP contribution < -0.4 is 4.74 Å². The molecule has 4 nitrogen and oxygen atoms in total. The van der Waals surface area contributed by atoms with Gasteiger partial charge in [0.15, 0.2) is 0 Å². The number of ether oxygens (including phenoxy) is 2. The minimum atomic E-state index is -4.50. The third kappa shape index (κ3) is 4.88. The molecule has 34 heavy (non-hydrogen) atoms. The van der Waals surface area contributed by atoms with Crippen molar-refractivity contribution < 1.29 is 27.4 Å². The van der Waals surface area contributed by atoms with Crippen molar-refractivity contribution in [3.63, 3.8) is 0 Å². The molecule has 1 aliphatic rings. The number of carbonyl (C=O) groups is 1. The van der Waals surface area contributed by atoms with Gasteiger partial charge in [-0.15, -0.1) is 0 Å². The summed E-state index contributed by atoms with van der Waals surface area (Å²) in [5.41, 5.74) is 2.75. The van der Waals surface area contributed by atoms with E-state index in [0.717, 1.165) is 23.3 Å². The van der Waals surface area contributed by atoms with Gasteiger partial charge in [-0.3, -0.25) is 4.90 Å². The molecule has 3 aromatic carbocycles. The first-order valence-electron chi connectivity index (χ1n) is 11.1. The second-order valence-corrected chi connectivity index (χ2v) is 8.65. The fourth-order valence-electron chi connectivity index (χ4n) is 4.14. The number of benzene rings is 3. The molecule has 1 saturated heterocycles. The van der Waals surface area contributed by atoms with E-state index in [9.17, 15) is 18.0 Å². The zero-order valence-corrected chi connectivity index (χ0v) is 19.2. The van der Waals surface area contributed by atoms with E-state index in [0.29, 0.717) is 22.4 Å². The van der Waals surface area contributed by atoms with Gasteiger partial charge < -0.3 is 9.47 Å². The maximum absolute atomic E-state index is 13.6. The summed E-state index contributed by atoms with van der Waals surface area (Å²) >= 11 is 0. The third-order valence-corrected chi connectivity index (χ3v) is 6.03. The SMILES string of the molecule is COc1ccc(C(C)C)cc1-c1ccc(C(F)(F)F)cc1CN1C[C@H](c2ccccc2)OC1=O. The fourth-order valence-corrected chi connectivity index (χ4v) is 4.14. The molecule has 0 bridgehead atoms. The summed E-state index contributed by atoms with van der Waals surface area (Å²) < 4.78 is 51.7. The van der Waals surface area contributed by atoms with Crippen molar-refractivity contribution >= 4 is 6.09 Å². The highest BCUT2D eigenvalue weighted by Crippen LogP contribution is 2.39. The average Bonchev–Trinajstić information content (AvgIpc) is 3.18. The van der Waals surface area contributed by atoms with Crippen molar-refractivity contribution in [1.82, 2.24) is 4.90 Å². The summed E-state index contributed by atoms with van der Waals surface area (Å²) in [4.78, 5) is 14.1. The van der Waals surface area contributed by atoms with Crippen LogP contribution in [0.15, 0.2) is 66.7 Å². The van der Waals surface area contributed by atoms with Gasteiger partial charge in [-0.05, 0) is 52.4 Å². The van der Waals surface area contributed by atoms with Gasteiger partial charge in [-0.2, -0.15) is 13.2 Å². The molecule has 1 heterocycles. The third-order valence-electron chi connectivity index (χ3n) is 6.03. The molecule has 3 aromatic rings. The maximum Gasteiger partial charge on any atom is 0.416 e. The van der Waals surface area contributed by atoms with Crippen LogP contribution in [-0.4, -0.2) is 24.6 Å². The number of rotatable bonds is 6. The zero-order chi connectivity index (χ0) is 24.5. The summed E-state index contributed by atoms with van der Waals surface area (Å²) in [7, 11) is 1.53. The summed E-state index contributed by atoms with van der Waals surface area (Å²) in [5, 5.41) is 0. The molecule has 1 aliphatic heterocycles. The van der Waals surface area contributed by atoms with Crippen LogP contribution >= 0.6 is 0 Å². The molecule has 0 N–H and O–H groups in total. The molecule has 1 fully saturated rings. The van der Waals surface area contributed by atoms with Crippen LogP contribution in [0, 0.1) is 0 Å². The molecule has 4 rings (SSSR count). The normalized spacial score (nSPS) is 16.1. The Kier molecular flexibility index (Phi) is 6.55. The van der Waals surface area contributed by atoms with Crippen LogP contribution in [-0.2, 0) is 17.5 Å². The van der Waals surface area contributed by atoms with Gasteiger partial charge in [0.05, 0.1) is 19.2 Å². The monoisotopic (exact) mass is 469 g/mol. The molecule has 178 valence electrons. The lowest BCUT2D eigenvalue weighted by Crippen LogP contribution is -2.24. The van der Waals surface area contributed by atoms with Crippen molar-refractivity contribution in [2.24, 2.45) is 0 Å². The first kappa shape index (κ1) is 23.7. The Bertz CT molecular complexity index is 1180. The average molecular weight is 470 g/mol. The first-order chi connectivity index (χ1) is 16.2. The molecule has 1 amide bonds. The number of alkyl halides is 3. The Morgan fingerprint density at radius 3 is 2.41 bits per heavy atom. The number of halogens is 3. The lowest BCUT2D eigenvalue weighted by molar-refractivity contribution is -0.137. The number of hydrogen-bond acceptors (Lipinski definition) is 3. The van der Waals surface area contributed by atoms with Crippen LogP contribution in [0.5, 0.6) is 5.75 Å². The van der Waals surface area contributed by atoms with Crippen molar-refractivity contribution in [3.05, 3.63) is 89.0 Å². The second kappa shape index (κ2) is 9.41. The Hall–Kier alpha value is -3.48. The maximum atomic E-state index is 13.6. The van der Waals surface area contributed by atoms with Gasteiger partial charge in [0.1, 0.15) is 11.9 Å². The van der Waals surface area contributed by atoms with Gasteiger partial charge >= 0.3 is 12.3 Å². The summed E-state index contributed by atoms with van der Waals surface area (Å²) in [6.07, 6.45) is -5.53. The van der Waals surface area contributed by atoms with Crippen LogP contribution in [0.1, 0.15) is 48.1 Å². The number of methoxy groups -OCH3 is 1. The molecule has 0 spiro atoms. The smallest absolute Gasteiger partial charge is 0.416 e. The summed E-state index contributed by atoms with van der Waals surface area (Å²) in [6, 6.07) is 18.6. The standard InChI is InChI=1S/C27H26F3NO3/c1-17(2)19-9-12-24(33-3)23(14-19)22-11-10-21(27(28,29)30)13-20(22)15-31-16-25(34-26(31)32)18-7-5-4-6-8-18/h4-14,17,25H,15-16H2,1-3H3/t25-/m1/s1. The second-order valence-electron chi connectivity index (χ2n) is 8.65. The van der Waals surface area contributed by atoms with Crippen molar-refractivity contribution in [2.75, 3.05) is 13.7 Å². The van der Waals surface area contributed by atoms with Crippen molar-refractivity contribution in [2.45, 2.75) is 38.6 Å². The van der Waals surface area contributed by atoms with Crippen LogP contribution in [0.25, 0.3) is 11.1 Å². The van der Waals surface area contributed by atoms with Crippen molar-refractivity contribution in [3.8, 4) is 16.9 Å². The summed E-state index contributed by atoms with van der Waals surface area (Å²) in [6.45, 7) is 4.32. The van der Waals surface area contributed by atoms with Gasteiger partial charge in [0.25, 0.3) is 0 Å². The molecule has 0 aromatic heterocycles. The Morgan fingerprint density at radius 1 is 1.03 bits per heavy atom. The van der Waals surface area contributed by atoms with E-state index in [1.165, 1.54) is 18.1 Å². The largest absolute Gasteiger partial charge is 0.496 e. The molecule has 0 saturated carbocycles. The van der Waals surface area contributed by atoms with Gasteiger partial charge in [-0.1, -0.05) is 56.3 Å². The molecule has 7 heteroatoms. The van der Waals surface area contributed by atoms with E-state index in [-0.39, 0.29) is 19.0 Å². The molecular formula is C27H26F3NO3. The van der Waals surface area contributed by atoms with E-state index < -0.39 is 23.9 Å². The number of cyclic esters (lactones) is 1. The molecule has 1 atom stereocenters. The van der Waals surface area contributed by atoms with E-state index in [1.807, 2.05) is 62.4 Å². The van der Waals surface area contributed by atoms with Crippen LogP contribution in [0.3, 0.4) is 0 Å². The fraction of sp³-hybridized carbons (Fsp3) is 0.296. The minimum Gasteiger partial charge on any atom is -0.496 e. The highest BCUT2D eigenvalue weighted by Gasteiger charge is 2.35. The van der Waals surface area contributed by atoms with E-state index >= 15 is 0 Å². The molecule has 0 radical (unpaired) electrons. The molecular weight excluding hydrogens is 443 g/mol. The van der Waals surface area contributed by atoms with E-state index in [2.05, 4.69) is 0 Å². The highest BCUT2D eigenvalue weighted by atomic mass is 19.4. The lowest BCUT2D eigenvalue weighted by atomic mass is 9.92. The van der Waals surface area contributed by atoms with E-state index in [4.69, 9.17) is 9.47 Å². The lowest BCUT2D eigenvalue weighted by Gasteiger charge is -2.20. The van der Waals surface area contributed by atoms with E-state index in [1.54, 1.807) is 0 Å². The number of carbonyl (C=O) groups excluding carboxylic acids is 1. The zero-order valence-electron chi connectivity index (χ0n) is 19.2. The predicted molar refractivity (Wildman–Crippen MR) is 124 cm³/mol. The van der Waals surface area contributed by atoms with Gasteiger partial charge in [-0.25, -0.2) is 4.79 Å². The highest BCUT2D eigenvalue weighted by molar-refractivity contribution is 5.76. The molecule has 0 unspecified atom stereocenters.